The molecular weight excluding hydrogens is 297 g/mol. The second kappa shape index (κ2) is 9.06. The zero-order valence-electron chi connectivity index (χ0n) is 12.0. The Balaban J connectivity index is 0.00000180. The predicted molar refractivity (Wildman–Crippen MR) is 88.2 cm³/mol. The average molecular weight is 320 g/mol. The maximum absolute atomic E-state index is 12.1. The van der Waals surface area contributed by atoms with Gasteiger partial charge in [0.15, 0.2) is 0 Å². The van der Waals surface area contributed by atoms with Gasteiger partial charge in [0.2, 0.25) is 5.91 Å². The molecule has 1 heterocycles. The first-order valence-electron chi connectivity index (χ1n) is 6.44. The van der Waals surface area contributed by atoms with Crippen LogP contribution in [0.4, 0.5) is 5.69 Å². The Morgan fingerprint density at radius 1 is 1.25 bits per heavy atom. The van der Waals surface area contributed by atoms with Crippen LogP contribution in [0.3, 0.4) is 0 Å². The van der Waals surface area contributed by atoms with Crippen molar-refractivity contribution in [2.24, 2.45) is 0 Å². The van der Waals surface area contributed by atoms with Crippen LogP contribution in [-0.2, 0) is 11.3 Å². The molecule has 0 aromatic heterocycles. The zero-order chi connectivity index (χ0) is 13.0. The van der Waals surface area contributed by atoms with E-state index in [0.29, 0.717) is 6.42 Å². The summed E-state index contributed by atoms with van der Waals surface area (Å²) < 4.78 is 0. The van der Waals surface area contributed by atoms with Gasteiger partial charge in [0.1, 0.15) is 0 Å². The molecule has 1 N–H and O–H groups in total. The number of nitrogens with zero attached hydrogens (tertiary/aromatic N) is 2. The van der Waals surface area contributed by atoms with Crippen molar-refractivity contribution in [2.75, 3.05) is 38.6 Å². The number of benzene rings is 1. The summed E-state index contributed by atoms with van der Waals surface area (Å²) in [4.78, 5) is 16.3. The maximum atomic E-state index is 12.1. The number of rotatable bonds is 3. The van der Waals surface area contributed by atoms with E-state index in [1.54, 1.807) is 0 Å². The van der Waals surface area contributed by atoms with Crippen LogP contribution >= 0.6 is 24.8 Å². The molecule has 0 atom stereocenters. The Kier molecular flexibility index (Phi) is 8.62. The van der Waals surface area contributed by atoms with Gasteiger partial charge in [-0.3, -0.25) is 4.79 Å². The van der Waals surface area contributed by atoms with Crippen LogP contribution in [0.1, 0.15) is 12.0 Å². The Hall–Kier alpha value is -0.970. The van der Waals surface area contributed by atoms with Gasteiger partial charge in [-0.25, -0.2) is 0 Å². The quantitative estimate of drug-likeness (QED) is 0.924. The fourth-order valence-electron chi connectivity index (χ4n) is 2.30. The van der Waals surface area contributed by atoms with Gasteiger partial charge in [0.05, 0.1) is 0 Å². The number of likely N-dealkylation sites (N-methyl/N-ethyl adjacent to an activating group) is 1. The number of halogens is 2. The average Bonchev–Trinajstić information content (AvgIpc) is 2.56. The fraction of sp³-hybridized carbons (Fsp3) is 0.500. The lowest BCUT2D eigenvalue weighted by atomic mass is 10.1. The molecule has 0 spiro atoms. The molecule has 1 amide bonds. The molecule has 6 heteroatoms. The molecule has 0 saturated carbocycles. The van der Waals surface area contributed by atoms with E-state index in [-0.39, 0.29) is 30.7 Å². The molecule has 4 nitrogen and oxygen atoms in total. The maximum Gasteiger partial charge on any atom is 0.224 e. The summed E-state index contributed by atoms with van der Waals surface area (Å²) in [7, 11) is 3.96. The summed E-state index contributed by atoms with van der Waals surface area (Å²) in [6, 6.07) is 8.31. The predicted octanol–water partition coefficient (Wildman–Crippen LogP) is 1.92. The minimum atomic E-state index is 0. The number of hydrogen-bond donors (Lipinski definition) is 1. The highest BCUT2D eigenvalue weighted by Gasteiger charge is 2.20. The first kappa shape index (κ1) is 19.0. The first-order chi connectivity index (χ1) is 8.72. The molecule has 1 aliphatic rings. The van der Waals surface area contributed by atoms with Crippen LogP contribution in [0.15, 0.2) is 24.3 Å². The highest BCUT2D eigenvalue weighted by Crippen LogP contribution is 2.23. The number of carbonyl (C=O) groups is 1. The van der Waals surface area contributed by atoms with Gasteiger partial charge in [-0.1, -0.05) is 18.2 Å². The number of hydrogen-bond acceptors (Lipinski definition) is 3. The number of anilines is 1. The lowest BCUT2D eigenvalue weighted by molar-refractivity contribution is -0.131. The third-order valence-electron chi connectivity index (χ3n) is 3.41. The van der Waals surface area contributed by atoms with Crippen LogP contribution in [0.25, 0.3) is 0 Å². The smallest absolute Gasteiger partial charge is 0.224 e. The number of para-hydroxylation sites is 1. The number of amides is 1. The highest BCUT2D eigenvalue weighted by atomic mass is 35.5. The van der Waals surface area contributed by atoms with Crippen LogP contribution in [0, 0.1) is 0 Å². The van der Waals surface area contributed by atoms with E-state index in [2.05, 4.69) is 29.4 Å². The standard InChI is InChI=1S/C14H21N3O.2ClH/c1-15-8-7-14(18)17-10-9-16(2)13-6-4-3-5-12(13)11-17;;/h3-6,15H,7-11H2,1-2H3;2*1H. The molecule has 20 heavy (non-hydrogen) atoms. The third-order valence-corrected chi connectivity index (χ3v) is 3.41. The summed E-state index contributed by atoms with van der Waals surface area (Å²) in [6.45, 7) is 3.16. The van der Waals surface area contributed by atoms with Crippen molar-refractivity contribution in [2.45, 2.75) is 13.0 Å². The van der Waals surface area contributed by atoms with Gasteiger partial charge in [-0.15, -0.1) is 24.8 Å². The van der Waals surface area contributed by atoms with Crippen molar-refractivity contribution in [3.63, 3.8) is 0 Å². The minimum absolute atomic E-state index is 0. The summed E-state index contributed by atoms with van der Waals surface area (Å²) in [5.41, 5.74) is 2.47. The lowest BCUT2D eigenvalue weighted by Crippen LogP contribution is -2.35. The minimum Gasteiger partial charge on any atom is -0.373 e. The molecule has 1 aromatic carbocycles. The SMILES string of the molecule is CNCCC(=O)N1CCN(C)c2ccccc2C1.Cl.Cl. The highest BCUT2D eigenvalue weighted by molar-refractivity contribution is 5.85. The van der Waals surface area contributed by atoms with Crippen LogP contribution in [0.5, 0.6) is 0 Å². The molecular formula is C14H23Cl2N3O. The van der Waals surface area contributed by atoms with E-state index in [1.165, 1.54) is 11.3 Å². The van der Waals surface area contributed by atoms with E-state index < -0.39 is 0 Å². The van der Waals surface area contributed by atoms with Gasteiger partial charge < -0.3 is 15.1 Å². The second-order valence-electron chi connectivity index (χ2n) is 4.72. The summed E-state index contributed by atoms with van der Waals surface area (Å²) in [5.74, 6) is 0.231. The Bertz CT molecular complexity index is 429. The van der Waals surface area contributed by atoms with Crippen molar-refractivity contribution in [3.8, 4) is 0 Å². The van der Waals surface area contributed by atoms with Gasteiger partial charge in [0.25, 0.3) is 0 Å². The van der Waals surface area contributed by atoms with Crippen molar-refractivity contribution < 1.29 is 4.79 Å². The molecule has 1 aliphatic heterocycles. The van der Waals surface area contributed by atoms with E-state index in [1.807, 2.05) is 24.1 Å². The topological polar surface area (TPSA) is 35.6 Å². The van der Waals surface area contributed by atoms with E-state index in [9.17, 15) is 4.79 Å². The molecule has 0 fully saturated rings. The third kappa shape index (κ3) is 4.54. The molecule has 0 unspecified atom stereocenters. The van der Waals surface area contributed by atoms with Crippen molar-refractivity contribution in [3.05, 3.63) is 29.8 Å². The summed E-state index contributed by atoms with van der Waals surface area (Å²) >= 11 is 0. The normalized spacial score (nSPS) is 13.7. The van der Waals surface area contributed by atoms with E-state index in [0.717, 1.165) is 26.2 Å². The van der Waals surface area contributed by atoms with Crippen molar-refractivity contribution >= 4 is 36.4 Å². The van der Waals surface area contributed by atoms with Crippen molar-refractivity contribution in [1.29, 1.82) is 0 Å². The number of fused-ring (bicyclic) bond motifs is 1. The Labute approximate surface area is 133 Å². The van der Waals surface area contributed by atoms with Gasteiger partial charge in [-0.2, -0.15) is 0 Å². The van der Waals surface area contributed by atoms with E-state index >= 15 is 0 Å². The van der Waals surface area contributed by atoms with Gasteiger partial charge in [-0.05, 0) is 18.7 Å². The van der Waals surface area contributed by atoms with Gasteiger partial charge in [0, 0.05) is 45.3 Å². The lowest BCUT2D eigenvalue weighted by Gasteiger charge is -2.21. The zero-order valence-corrected chi connectivity index (χ0v) is 13.6. The second-order valence-corrected chi connectivity index (χ2v) is 4.72. The largest absolute Gasteiger partial charge is 0.373 e. The molecule has 114 valence electrons. The van der Waals surface area contributed by atoms with E-state index in [4.69, 9.17) is 0 Å². The Morgan fingerprint density at radius 2 is 1.95 bits per heavy atom. The number of carbonyl (C=O) groups excluding carboxylic acids is 1. The molecule has 1 aromatic rings. The monoisotopic (exact) mass is 319 g/mol. The Morgan fingerprint density at radius 3 is 2.65 bits per heavy atom. The summed E-state index contributed by atoms with van der Waals surface area (Å²) in [5, 5.41) is 3.02. The molecule has 0 saturated heterocycles. The number of nitrogens with one attached hydrogen (secondary N) is 1. The first-order valence-corrected chi connectivity index (χ1v) is 6.44. The van der Waals surface area contributed by atoms with Crippen LogP contribution in [0.2, 0.25) is 0 Å². The fourth-order valence-corrected chi connectivity index (χ4v) is 2.30. The molecule has 2 rings (SSSR count). The van der Waals surface area contributed by atoms with Crippen LogP contribution < -0.4 is 10.2 Å². The van der Waals surface area contributed by atoms with Gasteiger partial charge >= 0.3 is 0 Å². The molecule has 0 bridgehead atoms. The van der Waals surface area contributed by atoms with Crippen molar-refractivity contribution in [1.82, 2.24) is 10.2 Å². The summed E-state index contributed by atoms with van der Waals surface area (Å²) in [6.07, 6.45) is 0.572. The molecule has 0 aliphatic carbocycles. The van der Waals surface area contributed by atoms with Crippen LogP contribution in [-0.4, -0.2) is 44.5 Å². The molecule has 0 radical (unpaired) electrons.